The first kappa shape index (κ1) is 19.3. The molecule has 1 aromatic carbocycles. The molecule has 0 aliphatic carbocycles. The number of carbonyl (C=O) groups excluding carboxylic acids is 3. The maximum atomic E-state index is 12.8. The molecule has 2 aliphatic rings. The molecule has 3 amide bonds. The van der Waals surface area contributed by atoms with Gasteiger partial charge in [-0.1, -0.05) is 17.3 Å². The lowest BCUT2D eigenvalue weighted by atomic mass is 10.1. The number of hydrogen-bond acceptors (Lipinski definition) is 6. The predicted octanol–water partition coefficient (Wildman–Crippen LogP) is 1.59. The van der Waals surface area contributed by atoms with Crippen LogP contribution in [-0.2, 0) is 22.7 Å². The zero-order valence-electron chi connectivity index (χ0n) is 16.5. The third-order valence-corrected chi connectivity index (χ3v) is 5.41. The molecule has 2 fully saturated rings. The Kier molecular flexibility index (Phi) is 5.44. The van der Waals surface area contributed by atoms with Crippen molar-refractivity contribution in [3.8, 4) is 0 Å². The zero-order chi connectivity index (χ0) is 20.4. The summed E-state index contributed by atoms with van der Waals surface area (Å²) in [6.45, 7) is 5.74. The zero-order valence-corrected chi connectivity index (χ0v) is 16.5. The van der Waals surface area contributed by atoms with Crippen molar-refractivity contribution in [1.82, 2.24) is 19.9 Å². The van der Waals surface area contributed by atoms with Gasteiger partial charge in [-0.05, 0) is 24.6 Å². The first-order chi connectivity index (χ1) is 14.0. The van der Waals surface area contributed by atoms with Crippen molar-refractivity contribution in [2.75, 3.05) is 26.2 Å². The number of imide groups is 1. The normalized spacial score (nSPS) is 18.0. The van der Waals surface area contributed by atoms with Crippen LogP contribution in [0.4, 0.5) is 0 Å². The lowest BCUT2D eigenvalue weighted by molar-refractivity contribution is -0.139. The summed E-state index contributed by atoms with van der Waals surface area (Å²) in [5, 5.41) is 3.91. The summed E-state index contributed by atoms with van der Waals surface area (Å²) in [5.74, 6) is 0.579. The highest BCUT2D eigenvalue weighted by Gasteiger charge is 2.29. The van der Waals surface area contributed by atoms with Gasteiger partial charge >= 0.3 is 0 Å². The van der Waals surface area contributed by atoms with Crippen molar-refractivity contribution in [2.24, 2.45) is 0 Å². The molecule has 0 N–H and O–H groups in total. The van der Waals surface area contributed by atoms with E-state index in [-0.39, 0.29) is 37.1 Å². The minimum atomic E-state index is -0.131. The predicted molar refractivity (Wildman–Crippen MR) is 104 cm³/mol. The van der Waals surface area contributed by atoms with E-state index in [9.17, 15) is 14.4 Å². The van der Waals surface area contributed by atoms with E-state index < -0.39 is 0 Å². The lowest BCUT2D eigenvalue weighted by Crippen LogP contribution is -2.48. The minimum Gasteiger partial charge on any atom is -0.360 e. The number of hydrogen-bond donors (Lipinski definition) is 0. The Labute approximate surface area is 169 Å². The van der Waals surface area contributed by atoms with Gasteiger partial charge in [0, 0.05) is 50.7 Å². The van der Waals surface area contributed by atoms with E-state index in [1.807, 2.05) is 30.0 Å². The number of nitrogens with zero attached hydrogens (tertiary/aromatic N) is 4. The number of aryl methyl sites for hydroxylation is 1. The lowest BCUT2D eigenvalue weighted by Gasteiger charge is -2.34. The quantitative estimate of drug-likeness (QED) is 0.714. The van der Waals surface area contributed by atoms with E-state index in [0.717, 1.165) is 30.1 Å². The number of benzene rings is 1. The molecule has 0 atom stereocenters. The summed E-state index contributed by atoms with van der Waals surface area (Å²) in [7, 11) is 0. The first-order valence-electron chi connectivity index (χ1n) is 9.85. The van der Waals surface area contributed by atoms with E-state index >= 15 is 0 Å². The highest BCUT2D eigenvalue weighted by atomic mass is 16.5. The van der Waals surface area contributed by atoms with Crippen LogP contribution in [-0.4, -0.2) is 63.8 Å². The Morgan fingerprint density at radius 3 is 2.24 bits per heavy atom. The van der Waals surface area contributed by atoms with Crippen LogP contribution in [0.1, 0.15) is 40.2 Å². The van der Waals surface area contributed by atoms with Gasteiger partial charge in [0.05, 0.1) is 18.8 Å². The Hall–Kier alpha value is -3.00. The molecule has 0 unspecified atom stereocenters. The Morgan fingerprint density at radius 1 is 1.00 bits per heavy atom. The highest BCUT2D eigenvalue weighted by molar-refractivity contribution is 6.01. The molecular weight excluding hydrogens is 372 g/mol. The molecule has 8 heteroatoms. The second-order valence-electron chi connectivity index (χ2n) is 7.57. The van der Waals surface area contributed by atoms with Gasteiger partial charge < -0.3 is 9.42 Å². The molecule has 0 spiro atoms. The maximum Gasteiger partial charge on any atom is 0.253 e. The summed E-state index contributed by atoms with van der Waals surface area (Å²) >= 11 is 0. The molecule has 0 saturated carbocycles. The molecule has 4 rings (SSSR count). The smallest absolute Gasteiger partial charge is 0.253 e. The average Bonchev–Trinajstić information content (AvgIpc) is 3.28. The van der Waals surface area contributed by atoms with Gasteiger partial charge in [-0.15, -0.1) is 0 Å². The third-order valence-electron chi connectivity index (χ3n) is 5.41. The molecule has 0 bridgehead atoms. The SMILES string of the molecule is Cc1cc(CN2CCN(C(=O)c3ccc(CN4C(=O)CCC4=O)cc3)CC2)on1. The summed E-state index contributed by atoms with van der Waals surface area (Å²) in [4.78, 5) is 41.7. The molecular formula is C21H24N4O4. The van der Waals surface area contributed by atoms with Crippen LogP contribution in [0.2, 0.25) is 0 Å². The van der Waals surface area contributed by atoms with Gasteiger partial charge in [-0.3, -0.25) is 24.2 Å². The second kappa shape index (κ2) is 8.16. The number of amides is 3. The molecule has 2 aromatic rings. The molecule has 1 aromatic heterocycles. The van der Waals surface area contributed by atoms with E-state index in [4.69, 9.17) is 4.52 Å². The van der Waals surface area contributed by atoms with Crippen LogP contribution in [0, 0.1) is 6.92 Å². The van der Waals surface area contributed by atoms with Crippen molar-refractivity contribution in [1.29, 1.82) is 0 Å². The topological polar surface area (TPSA) is 87.0 Å². The largest absolute Gasteiger partial charge is 0.360 e. The van der Waals surface area contributed by atoms with Gasteiger partial charge in [0.15, 0.2) is 5.76 Å². The fraction of sp³-hybridized carbons (Fsp3) is 0.429. The fourth-order valence-corrected chi connectivity index (χ4v) is 3.74. The number of carbonyl (C=O) groups is 3. The van der Waals surface area contributed by atoms with Gasteiger partial charge in [-0.2, -0.15) is 0 Å². The molecule has 29 heavy (non-hydrogen) atoms. The highest BCUT2D eigenvalue weighted by Crippen LogP contribution is 2.17. The van der Waals surface area contributed by atoms with Gasteiger partial charge in [0.1, 0.15) is 0 Å². The third kappa shape index (κ3) is 4.37. The van der Waals surface area contributed by atoms with E-state index in [0.29, 0.717) is 25.2 Å². The van der Waals surface area contributed by atoms with Crippen molar-refractivity contribution in [2.45, 2.75) is 32.9 Å². The number of piperazine rings is 1. The average molecular weight is 396 g/mol. The van der Waals surface area contributed by atoms with Gasteiger partial charge in [0.25, 0.3) is 5.91 Å². The van der Waals surface area contributed by atoms with Crippen LogP contribution in [0.3, 0.4) is 0 Å². The Bertz CT molecular complexity index is 897. The number of aromatic nitrogens is 1. The molecule has 3 heterocycles. The number of rotatable bonds is 5. The van der Waals surface area contributed by atoms with Gasteiger partial charge in [0.2, 0.25) is 11.8 Å². The molecule has 0 radical (unpaired) electrons. The number of likely N-dealkylation sites (tertiary alicyclic amines) is 1. The van der Waals surface area contributed by atoms with E-state index in [1.54, 1.807) is 12.1 Å². The summed E-state index contributed by atoms with van der Waals surface area (Å²) in [6, 6.07) is 9.10. The van der Waals surface area contributed by atoms with Crippen LogP contribution in [0.5, 0.6) is 0 Å². The summed E-state index contributed by atoms with van der Waals surface area (Å²) in [5.41, 5.74) is 2.33. The van der Waals surface area contributed by atoms with Crippen molar-refractivity contribution in [3.63, 3.8) is 0 Å². The van der Waals surface area contributed by atoms with Crippen LogP contribution in [0.15, 0.2) is 34.9 Å². The van der Waals surface area contributed by atoms with Crippen molar-refractivity contribution in [3.05, 3.63) is 52.9 Å². The first-order valence-corrected chi connectivity index (χ1v) is 9.85. The Morgan fingerprint density at radius 2 is 1.66 bits per heavy atom. The van der Waals surface area contributed by atoms with Crippen molar-refractivity contribution >= 4 is 17.7 Å². The van der Waals surface area contributed by atoms with Crippen LogP contribution < -0.4 is 0 Å². The molecule has 2 saturated heterocycles. The van der Waals surface area contributed by atoms with E-state index in [1.165, 1.54) is 4.90 Å². The molecule has 8 nitrogen and oxygen atoms in total. The summed E-state index contributed by atoms with van der Waals surface area (Å²) in [6.07, 6.45) is 0.578. The van der Waals surface area contributed by atoms with Crippen LogP contribution >= 0.6 is 0 Å². The van der Waals surface area contributed by atoms with Gasteiger partial charge in [-0.25, -0.2) is 0 Å². The van der Waals surface area contributed by atoms with Crippen molar-refractivity contribution < 1.29 is 18.9 Å². The molecule has 2 aliphatic heterocycles. The standard InChI is InChI=1S/C21H24N4O4/c1-15-12-18(29-22-15)14-23-8-10-24(11-9-23)21(28)17-4-2-16(3-5-17)13-25-19(26)6-7-20(25)27/h2-5,12H,6-11,13-14H2,1H3. The van der Waals surface area contributed by atoms with Crippen LogP contribution in [0.25, 0.3) is 0 Å². The monoisotopic (exact) mass is 396 g/mol. The minimum absolute atomic E-state index is 0.0000324. The van der Waals surface area contributed by atoms with E-state index in [2.05, 4.69) is 10.1 Å². The fourth-order valence-electron chi connectivity index (χ4n) is 3.74. The Balaban J connectivity index is 1.30. The summed E-state index contributed by atoms with van der Waals surface area (Å²) < 4.78 is 5.26. The molecule has 152 valence electrons. The maximum absolute atomic E-state index is 12.8. The second-order valence-corrected chi connectivity index (χ2v) is 7.57.